The van der Waals surface area contributed by atoms with Crippen molar-refractivity contribution in [3.63, 3.8) is 0 Å². The minimum atomic E-state index is -3.94. The molecule has 21 heavy (non-hydrogen) atoms. The normalized spacial score (nSPS) is 11.2. The molecule has 0 aromatic carbocycles. The summed E-state index contributed by atoms with van der Waals surface area (Å²) in [5.41, 5.74) is 5.60. The smallest absolute Gasteiger partial charge is 0.380 e. The molecule has 2 aromatic rings. The molecule has 2 rings (SSSR count). The molecule has 2 heterocycles. The number of imidazole rings is 1. The number of nitrogens with two attached hydrogens (primary N) is 1. The lowest BCUT2D eigenvalue weighted by molar-refractivity contribution is 0.0499. The lowest BCUT2D eigenvalue weighted by Crippen LogP contribution is -2.13. The van der Waals surface area contributed by atoms with E-state index < -0.39 is 6.80 Å². The van der Waals surface area contributed by atoms with E-state index in [4.69, 9.17) is 25.4 Å². The molecule has 0 fully saturated rings. The van der Waals surface area contributed by atoms with Crippen LogP contribution < -0.4 is 11.3 Å². The Morgan fingerprint density at radius 1 is 1.52 bits per heavy atom. The summed E-state index contributed by atoms with van der Waals surface area (Å²) >= 11 is 2.79. The van der Waals surface area contributed by atoms with Crippen molar-refractivity contribution < 1.29 is 24.2 Å². The Kier molecular flexibility index (Phi) is 6.33. The van der Waals surface area contributed by atoms with Gasteiger partial charge in [0.2, 0.25) is 5.95 Å². The number of nitrogens with one attached hydrogen (secondary N) is 1. The maximum atomic E-state index is 11.4. The van der Waals surface area contributed by atoms with Crippen LogP contribution in [0.3, 0.4) is 0 Å². The number of aromatic nitrogens is 4. The summed E-state index contributed by atoms with van der Waals surface area (Å²) in [6.45, 7) is -3.64. The fourth-order valence-electron chi connectivity index (χ4n) is 1.29. The molecule has 0 spiro atoms. The van der Waals surface area contributed by atoms with Gasteiger partial charge >= 0.3 is 6.80 Å². The van der Waals surface area contributed by atoms with E-state index in [0.717, 1.165) is 0 Å². The molecule has 13 heteroatoms. The predicted molar refractivity (Wildman–Crippen MR) is 76.6 cm³/mol. The first kappa shape index (κ1) is 17.6. The van der Waals surface area contributed by atoms with Crippen LogP contribution in [0.1, 0.15) is 0 Å². The number of hydrogen-bond donors (Lipinski definition) is 6. The van der Waals surface area contributed by atoms with E-state index in [1.807, 2.05) is 0 Å². The molecule has 0 saturated heterocycles. The van der Waals surface area contributed by atoms with Crippen molar-refractivity contribution in [2.24, 2.45) is 0 Å². The van der Waals surface area contributed by atoms with Crippen LogP contribution in [0.4, 0.5) is 5.95 Å². The molecule has 0 aliphatic rings. The molecule has 0 aliphatic carbocycles. The minimum Gasteiger partial charge on any atom is -0.394 e. The number of rotatable bonds is 4. The van der Waals surface area contributed by atoms with Crippen LogP contribution in [0.2, 0.25) is 0 Å². The van der Waals surface area contributed by atoms with E-state index >= 15 is 0 Å². The average molecular weight is 339 g/mol. The summed E-state index contributed by atoms with van der Waals surface area (Å²) in [5.74, 6) is 0.0291. The van der Waals surface area contributed by atoms with Gasteiger partial charge in [0.1, 0.15) is 6.73 Å². The second kappa shape index (κ2) is 7.54. The second-order valence-electron chi connectivity index (χ2n) is 3.61. The molecule has 6 N–H and O–H groups in total. The Morgan fingerprint density at radius 2 is 2.14 bits per heavy atom. The van der Waals surface area contributed by atoms with Gasteiger partial charge < -0.3 is 25.4 Å². The molecule has 0 amide bonds. The molecule has 0 bridgehead atoms. The number of nitrogens with zero attached hydrogens (tertiary/aromatic N) is 3. The maximum Gasteiger partial charge on any atom is 0.380 e. The summed E-state index contributed by atoms with van der Waals surface area (Å²) in [6.07, 6.45) is 1.43. The van der Waals surface area contributed by atoms with Crippen LogP contribution in [0.25, 0.3) is 11.2 Å². The van der Waals surface area contributed by atoms with Gasteiger partial charge in [-0.1, -0.05) is 12.2 Å². The quantitative estimate of drug-likeness (QED) is 0.224. The molecule has 0 atom stereocenters. The molecule has 0 radical (unpaired) electrons. The molecule has 2 aromatic heterocycles. The highest BCUT2D eigenvalue weighted by atomic mass is 32.7. The first-order chi connectivity index (χ1) is 9.72. The van der Waals surface area contributed by atoms with Crippen molar-refractivity contribution in [3.8, 4) is 0 Å². The van der Waals surface area contributed by atoms with Crippen molar-refractivity contribution in [2.75, 3.05) is 18.9 Å². The van der Waals surface area contributed by atoms with E-state index in [-0.39, 0.29) is 37.0 Å². The monoisotopic (exact) mass is 339 g/mol. The summed E-state index contributed by atoms with van der Waals surface area (Å²) in [4.78, 5) is 36.6. The number of anilines is 1. The molecule has 11 nitrogen and oxygen atoms in total. The van der Waals surface area contributed by atoms with Gasteiger partial charge in [-0.05, 0) is 0 Å². The average Bonchev–Trinajstić information content (AvgIpc) is 2.71. The Morgan fingerprint density at radius 3 is 2.71 bits per heavy atom. The van der Waals surface area contributed by atoms with E-state index in [9.17, 15) is 9.36 Å². The molecule has 0 unspecified atom stereocenters. The summed E-state index contributed by atoms with van der Waals surface area (Å²) in [5, 5.41) is 8.56. The Labute approximate surface area is 123 Å². The van der Waals surface area contributed by atoms with Crippen LogP contribution in [0, 0.1) is 0 Å². The lowest BCUT2D eigenvalue weighted by Gasteiger charge is -2.03. The molecular weight excluding hydrogens is 325 g/mol. The number of aliphatic hydroxyl groups is 1. The van der Waals surface area contributed by atoms with E-state index in [1.165, 1.54) is 10.9 Å². The van der Waals surface area contributed by atoms with E-state index in [0.29, 0.717) is 5.65 Å². The number of H-pyrrole nitrogens is 1. The Bertz CT molecular complexity index is 688. The number of fused-ring (bicyclic) bond motifs is 1. The van der Waals surface area contributed by atoms with Crippen LogP contribution in [0.15, 0.2) is 11.1 Å². The number of hydrogen-bond acceptors (Lipinski definition) is 7. The highest BCUT2D eigenvalue weighted by Gasteiger charge is 2.08. The van der Waals surface area contributed by atoms with Crippen LogP contribution in [0.5, 0.6) is 0 Å². The SMILES string of the molecule is Nc1nc2c(ncn2COCCO)c(=O)[nH]1.O=P(O)(O)S. The molecule has 0 saturated carbocycles. The Hall–Kier alpha value is -1.43. The molecule has 0 aliphatic heterocycles. The third-order valence-electron chi connectivity index (χ3n) is 1.96. The number of nitrogen functional groups attached to an aromatic ring is 1. The third kappa shape index (κ3) is 6.25. The van der Waals surface area contributed by atoms with Gasteiger partial charge in [0.05, 0.1) is 19.5 Å². The maximum absolute atomic E-state index is 11.4. The van der Waals surface area contributed by atoms with Gasteiger partial charge in [0.15, 0.2) is 11.2 Å². The van der Waals surface area contributed by atoms with Gasteiger partial charge in [-0.3, -0.25) is 14.3 Å². The fourth-order valence-corrected chi connectivity index (χ4v) is 1.29. The van der Waals surface area contributed by atoms with Gasteiger partial charge in [0.25, 0.3) is 5.56 Å². The van der Waals surface area contributed by atoms with E-state index in [1.54, 1.807) is 0 Å². The lowest BCUT2D eigenvalue weighted by atomic mass is 10.5. The number of thiol groups is 1. The topological polar surface area (TPSA) is 177 Å². The predicted octanol–water partition coefficient (Wildman–Crippen LogP) is -1.32. The minimum absolute atomic E-state index is 0.0291. The van der Waals surface area contributed by atoms with Crippen molar-refractivity contribution in [1.29, 1.82) is 0 Å². The van der Waals surface area contributed by atoms with Crippen LogP contribution >= 0.6 is 19.0 Å². The fraction of sp³-hybridized carbons (Fsp3) is 0.375. The number of ether oxygens (including phenoxy) is 1. The molecule has 118 valence electrons. The van der Waals surface area contributed by atoms with Crippen LogP contribution in [-0.2, 0) is 16.0 Å². The standard InChI is InChI=1S/C8H11N5O3.H3O3PS/c9-8-11-6-5(7(15)12-8)10-3-13(6)4-16-2-1-14;1-4(2,3)5/h3,14H,1-2,4H2,(H3,9,11,12,15);(H3,1,2,3,5). The van der Waals surface area contributed by atoms with Crippen molar-refractivity contribution in [3.05, 3.63) is 16.7 Å². The first-order valence-electron chi connectivity index (χ1n) is 5.40. The van der Waals surface area contributed by atoms with Gasteiger partial charge in [0, 0.05) is 0 Å². The van der Waals surface area contributed by atoms with Gasteiger partial charge in [-0.25, -0.2) is 9.55 Å². The second-order valence-corrected chi connectivity index (χ2v) is 6.20. The van der Waals surface area contributed by atoms with Crippen LogP contribution in [-0.4, -0.2) is 47.6 Å². The third-order valence-corrected chi connectivity index (χ3v) is 1.96. The summed E-state index contributed by atoms with van der Waals surface area (Å²) in [6, 6.07) is 0. The van der Waals surface area contributed by atoms with Gasteiger partial charge in [-0.2, -0.15) is 4.98 Å². The zero-order valence-corrected chi connectivity index (χ0v) is 12.4. The van der Waals surface area contributed by atoms with Gasteiger partial charge in [-0.15, -0.1) is 0 Å². The highest BCUT2D eigenvalue weighted by molar-refractivity contribution is 8.43. The highest BCUT2D eigenvalue weighted by Crippen LogP contribution is 2.39. The van der Waals surface area contributed by atoms with E-state index in [2.05, 4.69) is 27.2 Å². The number of aliphatic hydroxyl groups excluding tert-OH is 1. The van der Waals surface area contributed by atoms with Crippen molar-refractivity contribution in [2.45, 2.75) is 6.73 Å². The zero-order valence-electron chi connectivity index (χ0n) is 10.6. The van der Waals surface area contributed by atoms with Crippen molar-refractivity contribution in [1.82, 2.24) is 19.5 Å². The zero-order chi connectivity index (χ0) is 16.0. The largest absolute Gasteiger partial charge is 0.394 e. The first-order valence-corrected chi connectivity index (χ1v) is 8.16. The summed E-state index contributed by atoms with van der Waals surface area (Å²) in [7, 11) is 0. The number of aromatic amines is 1. The summed E-state index contributed by atoms with van der Waals surface area (Å²) < 4.78 is 15.8. The Balaban J connectivity index is 0.000000383. The van der Waals surface area contributed by atoms with Crippen molar-refractivity contribution >= 4 is 36.2 Å². The molecular formula is C8H14N5O6PS.